The molecule has 3 heteroatoms. The number of likely N-dealkylation sites (N-methyl/N-ethyl adjacent to an activating group) is 1. The molecule has 0 amide bonds. The van der Waals surface area contributed by atoms with Gasteiger partial charge in [0.1, 0.15) is 0 Å². The van der Waals surface area contributed by atoms with Crippen molar-refractivity contribution in [2.75, 3.05) is 26.7 Å². The molecule has 0 aromatic rings. The number of nitrogens with zero attached hydrogens (tertiary/aromatic N) is 2. The lowest BCUT2D eigenvalue weighted by atomic mass is 10.0. The maximum atomic E-state index is 5.96. The van der Waals surface area contributed by atoms with Crippen molar-refractivity contribution < 1.29 is 0 Å². The summed E-state index contributed by atoms with van der Waals surface area (Å²) in [4.78, 5) is 5.10. The third-order valence-corrected chi connectivity index (χ3v) is 4.32. The van der Waals surface area contributed by atoms with Gasteiger partial charge in [-0.05, 0) is 27.3 Å². The van der Waals surface area contributed by atoms with Crippen LogP contribution in [0.1, 0.15) is 46.5 Å². The fourth-order valence-corrected chi connectivity index (χ4v) is 2.82. The van der Waals surface area contributed by atoms with Crippen LogP contribution in [0.4, 0.5) is 0 Å². The summed E-state index contributed by atoms with van der Waals surface area (Å²) in [7, 11) is 2.24. The number of piperazine rings is 1. The summed E-state index contributed by atoms with van der Waals surface area (Å²) in [5.74, 6) is 0. The molecule has 0 radical (unpaired) electrons. The number of rotatable bonds is 6. The zero-order valence-corrected chi connectivity index (χ0v) is 12.2. The summed E-state index contributed by atoms with van der Waals surface area (Å²) >= 11 is 0. The Kier molecular flexibility index (Phi) is 6.45. The van der Waals surface area contributed by atoms with Gasteiger partial charge in [-0.1, -0.05) is 26.2 Å². The predicted molar refractivity (Wildman–Crippen MR) is 75.2 cm³/mol. The SMILES string of the molecule is CCCCCC(CN)N1CC(C)N(C)C(C)C1. The number of unbranched alkanes of at least 4 members (excludes halogenated alkanes) is 2. The molecule has 0 saturated carbocycles. The molecule has 3 unspecified atom stereocenters. The van der Waals surface area contributed by atoms with E-state index in [0.29, 0.717) is 18.1 Å². The third kappa shape index (κ3) is 4.23. The molecule has 0 bridgehead atoms. The van der Waals surface area contributed by atoms with E-state index < -0.39 is 0 Å². The van der Waals surface area contributed by atoms with Crippen LogP contribution in [0.25, 0.3) is 0 Å². The van der Waals surface area contributed by atoms with E-state index in [0.717, 1.165) is 6.54 Å². The van der Waals surface area contributed by atoms with Gasteiger partial charge in [-0.25, -0.2) is 0 Å². The van der Waals surface area contributed by atoms with E-state index in [2.05, 4.69) is 37.6 Å². The van der Waals surface area contributed by atoms with Crippen molar-refractivity contribution in [1.82, 2.24) is 9.80 Å². The van der Waals surface area contributed by atoms with Crippen LogP contribution in [0.3, 0.4) is 0 Å². The molecule has 3 nitrogen and oxygen atoms in total. The summed E-state index contributed by atoms with van der Waals surface area (Å²) in [6.45, 7) is 10.1. The number of hydrogen-bond acceptors (Lipinski definition) is 3. The number of hydrogen-bond donors (Lipinski definition) is 1. The number of nitrogens with two attached hydrogens (primary N) is 1. The largest absolute Gasteiger partial charge is 0.329 e. The van der Waals surface area contributed by atoms with Crippen molar-refractivity contribution in [2.24, 2.45) is 5.73 Å². The molecule has 0 aromatic heterocycles. The second-order valence-corrected chi connectivity index (χ2v) is 5.70. The molecule has 0 aliphatic carbocycles. The normalized spacial score (nSPS) is 29.5. The monoisotopic (exact) mass is 241 g/mol. The smallest absolute Gasteiger partial charge is 0.0219 e. The summed E-state index contributed by atoms with van der Waals surface area (Å²) < 4.78 is 0. The Bertz CT molecular complexity index is 196. The zero-order chi connectivity index (χ0) is 12.8. The third-order valence-electron chi connectivity index (χ3n) is 4.32. The van der Waals surface area contributed by atoms with Crippen LogP contribution in [0.2, 0.25) is 0 Å². The van der Waals surface area contributed by atoms with Gasteiger partial charge in [0, 0.05) is 37.8 Å². The standard InChI is InChI=1S/C14H31N3/c1-5-6-7-8-14(9-15)17-10-12(2)16(4)13(3)11-17/h12-14H,5-11,15H2,1-4H3. The molecule has 0 spiro atoms. The quantitative estimate of drug-likeness (QED) is 0.721. The van der Waals surface area contributed by atoms with Crippen molar-refractivity contribution in [1.29, 1.82) is 0 Å². The Balaban J connectivity index is 2.45. The van der Waals surface area contributed by atoms with Crippen LogP contribution in [0.5, 0.6) is 0 Å². The van der Waals surface area contributed by atoms with Crippen molar-refractivity contribution in [3.8, 4) is 0 Å². The van der Waals surface area contributed by atoms with E-state index in [1.54, 1.807) is 0 Å². The maximum Gasteiger partial charge on any atom is 0.0219 e. The van der Waals surface area contributed by atoms with E-state index in [-0.39, 0.29) is 0 Å². The first kappa shape index (κ1) is 14.9. The Hall–Kier alpha value is -0.120. The highest BCUT2D eigenvalue weighted by molar-refractivity contribution is 4.86. The minimum Gasteiger partial charge on any atom is -0.329 e. The van der Waals surface area contributed by atoms with E-state index in [9.17, 15) is 0 Å². The summed E-state index contributed by atoms with van der Waals surface area (Å²) in [6, 6.07) is 1.90. The highest BCUT2D eigenvalue weighted by Crippen LogP contribution is 2.18. The molecular weight excluding hydrogens is 210 g/mol. The van der Waals surface area contributed by atoms with Crippen LogP contribution in [-0.4, -0.2) is 54.6 Å². The second kappa shape index (κ2) is 7.34. The fraction of sp³-hybridized carbons (Fsp3) is 1.00. The molecule has 2 N–H and O–H groups in total. The van der Waals surface area contributed by atoms with Crippen LogP contribution in [0, 0.1) is 0 Å². The lowest BCUT2D eigenvalue weighted by Crippen LogP contribution is -2.58. The van der Waals surface area contributed by atoms with Gasteiger partial charge < -0.3 is 5.73 Å². The van der Waals surface area contributed by atoms with Gasteiger partial charge in [-0.3, -0.25) is 9.80 Å². The lowest BCUT2D eigenvalue weighted by molar-refractivity contribution is 0.0328. The molecule has 102 valence electrons. The Morgan fingerprint density at radius 1 is 1.18 bits per heavy atom. The Morgan fingerprint density at radius 2 is 1.76 bits per heavy atom. The van der Waals surface area contributed by atoms with E-state index in [1.165, 1.54) is 38.8 Å². The van der Waals surface area contributed by atoms with Gasteiger partial charge in [-0.2, -0.15) is 0 Å². The van der Waals surface area contributed by atoms with Crippen LogP contribution in [0.15, 0.2) is 0 Å². The molecule has 0 aromatic carbocycles. The van der Waals surface area contributed by atoms with E-state index >= 15 is 0 Å². The van der Waals surface area contributed by atoms with Crippen LogP contribution < -0.4 is 5.73 Å². The van der Waals surface area contributed by atoms with Gasteiger partial charge >= 0.3 is 0 Å². The topological polar surface area (TPSA) is 32.5 Å². The van der Waals surface area contributed by atoms with E-state index in [1.807, 2.05) is 0 Å². The maximum absolute atomic E-state index is 5.96. The van der Waals surface area contributed by atoms with Gasteiger partial charge in [0.25, 0.3) is 0 Å². The highest BCUT2D eigenvalue weighted by atomic mass is 15.3. The molecule has 1 aliphatic heterocycles. The first-order valence-electron chi connectivity index (χ1n) is 7.26. The summed E-state index contributed by atoms with van der Waals surface area (Å²) in [5, 5.41) is 0. The predicted octanol–water partition coefficient (Wildman–Crippen LogP) is 1.92. The molecule has 17 heavy (non-hydrogen) atoms. The van der Waals surface area contributed by atoms with Crippen molar-refractivity contribution >= 4 is 0 Å². The average Bonchev–Trinajstić information content (AvgIpc) is 2.31. The zero-order valence-electron chi connectivity index (χ0n) is 12.2. The first-order chi connectivity index (χ1) is 8.10. The molecular formula is C14H31N3. The van der Waals surface area contributed by atoms with Crippen molar-refractivity contribution in [3.63, 3.8) is 0 Å². The average molecular weight is 241 g/mol. The van der Waals surface area contributed by atoms with Gasteiger partial charge in [0.15, 0.2) is 0 Å². The molecule has 3 atom stereocenters. The van der Waals surface area contributed by atoms with E-state index in [4.69, 9.17) is 5.73 Å². The van der Waals surface area contributed by atoms with Crippen molar-refractivity contribution in [2.45, 2.75) is 64.6 Å². The Morgan fingerprint density at radius 3 is 2.24 bits per heavy atom. The fourth-order valence-electron chi connectivity index (χ4n) is 2.82. The summed E-state index contributed by atoms with van der Waals surface area (Å²) in [5.41, 5.74) is 5.96. The minimum absolute atomic E-state index is 0.597. The highest BCUT2D eigenvalue weighted by Gasteiger charge is 2.29. The molecule has 1 aliphatic rings. The van der Waals surface area contributed by atoms with Crippen LogP contribution >= 0.6 is 0 Å². The molecule has 1 heterocycles. The van der Waals surface area contributed by atoms with Crippen molar-refractivity contribution in [3.05, 3.63) is 0 Å². The first-order valence-corrected chi connectivity index (χ1v) is 7.26. The summed E-state index contributed by atoms with van der Waals surface area (Å²) in [6.07, 6.45) is 5.24. The molecule has 1 rings (SSSR count). The lowest BCUT2D eigenvalue weighted by Gasteiger charge is -2.45. The van der Waals surface area contributed by atoms with Gasteiger partial charge in [-0.15, -0.1) is 0 Å². The minimum atomic E-state index is 0.597. The second-order valence-electron chi connectivity index (χ2n) is 5.70. The van der Waals surface area contributed by atoms with Gasteiger partial charge in [0.2, 0.25) is 0 Å². The molecule has 1 saturated heterocycles. The Labute approximate surface area is 107 Å². The van der Waals surface area contributed by atoms with Crippen LogP contribution in [-0.2, 0) is 0 Å². The molecule has 1 fully saturated rings. The van der Waals surface area contributed by atoms with Gasteiger partial charge in [0.05, 0.1) is 0 Å².